The maximum Gasteiger partial charge on any atom is 0.416 e. The number of sulfone groups is 1. The van der Waals surface area contributed by atoms with Gasteiger partial charge in [0.2, 0.25) is 15.6 Å². The van der Waals surface area contributed by atoms with Crippen LogP contribution in [0, 0.1) is 0 Å². The molecule has 4 rings (SSSR count). The van der Waals surface area contributed by atoms with Crippen LogP contribution in [0.1, 0.15) is 11.1 Å². The Morgan fingerprint density at radius 3 is 2.18 bits per heavy atom. The fraction of sp³-hybridized carbons (Fsp3) is 0.125. The number of hydrogen-bond donors (Lipinski definition) is 4. The zero-order valence-electron chi connectivity index (χ0n) is 19.3. The maximum atomic E-state index is 13.2. The van der Waals surface area contributed by atoms with Gasteiger partial charge in [-0.1, -0.05) is 0 Å². The van der Waals surface area contributed by atoms with Gasteiger partial charge in [0, 0.05) is 29.2 Å². The molecular weight excluding hydrogens is 677 g/mol. The van der Waals surface area contributed by atoms with Crippen molar-refractivity contribution < 1.29 is 44.3 Å². The first-order valence-electron chi connectivity index (χ1n) is 10.8. The van der Waals surface area contributed by atoms with Crippen molar-refractivity contribution in [3.63, 3.8) is 0 Å². The van der Waals surface area contributed by atoms with Gasteiger partial charge >= 0.3 is 12.1 Å². The largest absolute Gasteiger partial charge is 0.502 e. The van der Waals surface area contributed by atoms with Crippen molar-refractivity contribution in [3.8, 4) is 17.2 Å². The van der Waals surface area contributed by atoms with Gasteiger partial charge < -0.3 is 28.2 Å². The number of aromatic nitrogens is 1. The fourth-order valence-electron chi connectivity index (χ4n) is 3.87. The van der Waals surface area contributed by atoms with Gasteiger partial charge in [-0.15, -0.1) is 0 Å². The molecule has 4 aromatic rings. The third-order valence-electron chi connectivity index (χ3n) is 5.77. The summed E-state index contributed by atoms with van der Waals surface area (Å²) in [6.07, 6.45) is -3.49. The number of carbonyl (C=O) groups is 1. The van der Waals surface area contributed by atoms with Crippen molar-refractivity contribution in [2.24, 2.45) is 0 Å². The smallest absolute Gasteiger partial charge is 0.416 e. The summed E-state index contributed by atoms with van der Waals surface area (Å²) < 4.78 is 75.0. The van der Waals surface area contributed by atoms with Gasteiger partial charge in [0.05, 0.1) is 15.4 Å². The number of fused-ring (bicyclic) bond motifs is 1. The summed E-state index contributed by atoms with van der Waals surface area (Å²) >= 11 is 5.52. The van der Waals surface area contributed by atoms with Crippen LogP contribution in [0.4, 0.5) is 18.9 Å². The Labute approximate surface area is 236 Å². The van der Waals surface area contributed by atoms with Crippen molar-refractivity contribution in [2.45, 2.75) is 28.4 Å². The number of halogens is 5. The van der Waals surface area contributed by atoms with Crippen LogP contribution in [0.15, 0.2) is 70.6 Å². The van der Waals surface area contributed by atoms with Gasteiger partial charge in [0.1, 0.15) is 6.04 Å². The summed E-state index contributed by atoms with van der Waals surface area (Å²) in [5.41, 5.74) is 0.121. The number of phenols is 1. The summed E-state index contributed by atoms with van der Waals surface area (Å²) in [6, 6.07) is 9.25. The molecule has 0 unspecified atom stereocenters. The number of phenolic OH excluding ortho intramolecular Hbond substituents is 1. The van der Waals surface area contributed by atoms with E-state index in [1.807, 2.05) is 0 Å². The van der Waals surface area contributed by atoms with Gasteiger partial charge in [0.25, 0.3) is 0 Å². The van der Waals surface area contributed by atoms with Crippen LogP contribution in [0.25, 0.3) is 10.9 Å². The van der Waals surface area contributed by atoms with Gasteiger partial charge in [-0.05, 0) is 60.2 Å². The van der Waals surface area contributed by atoms with E-state index in [-0.39, 0.29) is 44.5 Å². The number of H-pyrrole nitrogens is 1. The molecule has 0 aliphatic carbocycles. The zero-order valence-corrected chi connectivity index (χ0v) is 23.3. The fourth-order valence-corrected chi connectivity index (χ4v) is 5.78. The Hall–Kier alpha value is -3.43. The van der Waals surface area contributed by atoms with E-state index in [0.29, 0.717) is 23.2 Å². The molecular formula is C24H17Br2F3N2O7S. The number of carboxylic acid groups (broad SMARTS) is 1. The van der Waals surface area contributed by atoms with Gasteiger partial charge in [-0.3, -0.25) is 0 Å². The van der Waals surface area contributed by atoms with Crippen molar-refractivity contribution in [3.05, 3.63) is 71.9 Å². The highest BCUT2D eigenvalue weighted by Crippen LogP contribution is 2.40. The molecule has 39 heavy (non-hydrogen) atoms. The third kappa shape index (κ3) is 5.94. The minimum absolute atomic E-state index is 0.0158. The SMILES string of the molecule is O=C(O)[C@@H](Cc1cc(OBr)c(O)c(OBr)c1)Nc1ccc2[nH]cc(S(=O)(=O)c3ccc(C(F)(F)F)cc3)c2c1. The Kier molecular flexibility index (Phi) is 8.04. The highest BCUT2D eigenvalue weighted by Gasteiger charge is 2.31. The lowest BCUT2D eigenvalue weighted by atomic mass is 10.0. The van der Waals surface area contributed by atoms with E-state index in [2.05, 4.69) is 42.8 Å². The van der Waals surface area contributed by atoms with E-state index >= 15 is 0 Å². The monoisotopic (exact) mass is 692 g/mol. The standard InChI is InChI=1S/C24H17Br2F3N2O7S/c25-37-19-8-12(9-20(38-26)22(19)32)7-18(23(33)34)31-14-3-6-17-16(10-14)21(11-30-17)39(35,36)15-4-1-13(2-5-15)24(27,28)29/h1-6,8-11,18,30-32H,7H2,(H,33,34)/t18-/m1/s1. The number of alkyl halides is 3. The van der Waals surface area contributed by atoms with Crippen molar-refractivity contribution in [2.75, 3.05) is 5.32 Å². The first-order chi connectivity index (χ1) is 18.3. The number of aromatic amines is 1. The number of aliphatic carboxylic acids is 1. The van der Waals surface area contributed by atoms with Crippen LogP contribution in [0.3, 0.4) is 0 Å². The number of aromatic hydroxyl groups is 1. The zero-order chi connectivity index (χ0) is 28.5. The Balaban J connectivity index is 1.65. The normalized spacial score (nSPS) is 12.7. The lowest BCUT2D eigenvalue weighted by molar-refractivity contribution is -0.138. The van der Waals surface area contributed by atoms with E-state index in [1.54, 1.807) is 6.07 Å². The molecule has 0 amide bonds. The highest BCUT2D eigenvalue weighted by atomic mass is 79.9. The lowest BCUT2D eigenvalue weighted by Gasteiger charge is -2.17. The number of nitrogens with one attached hydrogen (secondary N) is 2. The number of hydrogen-bond acceptors (Lipinski definition) is 7. The number of anilines is 1. The summed E-state index contributed by atoms with van der Waals surface area (Å²) in [5.74, 6) is -1.58. The summed E-state index contributed by atoms with van der Waals surface area (Å²) in [5, 5.41) is 22.9. The van der Waals surface area contributed by atoms with Crippen LogP contribution in [-0.4, -0.2) is 35.6 Å². The quantitative estimate of drug-likeness (QED) is 0.162. The molecule has 0 saturated heterocycles. The van der Waals surface area contributed by atoms with Gasteiger partial charge in [0.15, 0.2) is 44.0 Å². The molecule has 4 N–H and O–H groups in total. The van der Waals surface area contributed by atoms with Crippen LogP contribution in [0.2, 0.25) is 0 Å². The van der Waals surface area contributed by atoms with Crippen LogP contribution in [-0.2, 0) is 27.2 Å². The molecule has 0 aliphatic rings. The predicted molar refractivity (Wildman–Crippen MR) is 141 cm³/mol. The maximum absolute atomic E-state index is 13.2. The second-order valence-corrected chi connectivity index (χ2v) is 10.8. The van der Waals surface area contributed by atoms with E-state index in [0.717, 1.165) is 12.1 Å². The van der Waals surface area contributed by atoms with Crippen molar-refractivity contribution in [1.29, 1.82) is 0 Å². The molecule has 0 spiro atoms. The average molecular weight is 694 g/mol. The molecule has 0 saturated carbocycles. The highest BCUT2D eigenvalue weighted by molar-refractivity contribution is 9.06. The molecule has 206 valence electrons. The van der Waals surface area contributed by atoms with Crippen LogP contribution >= 0.6 is 32.5 Å². The van der Waals surface area contributed by atoms with Gasteiger partial charge in [-0.2, -0.15) is 13.2 Å². The minimum atomic E-state index is -4.62. The Morgan fingerprint density at radius 1 is 1.03 bits per heavy atom. The van der Waals surface area contributed by atoms with Crippen LogP contribution in [0.5, 0.6) is 17.2 Å². The van der Waals surface area contributed by atoms with E-state index in [9.17, 15) is 36.6 Å². The molecule has 0 radical (unpaired) electrons. The average Bonchev–Trinajstić information content (AvgIpc) is 3.32. The van der Waals surface area contributed by atoms with E-state index < -0.39 is 33.6 Å². The Bertz CT molecular complexity index is 1620. The molecule has 3 aromatic carbocycles. The molecule has 1 aromatic heterocycles. The van der Waals surface area contributed by atoms with Crippen molar-refractivity contribution >= 4 is 64.9 Å². The number of carboxylic acids is 1. The number of rotatable bonds is 9. The molecule has 0 bridgehead atoms. The van der Waals surface area contributed by atoms with Crippen molar-refractivity contribution in [1.82, 2.24) is 4.98 Å². The lowest BCUT2D eigenvalue weighted by Crippen LogP contribution is -2.31. The first kappa shape index (κ1) is 28.6. The summed E-state index contributed by atoms with van der Waals surface area (Å²) in [7, 11) is -4.22. The molecule has 15 heteroatoms. The third-order valence-corrected chi connectivity index (χ3v) is 8.28. The molecule has 1 atom stereocenters. The molecule has 9 nitrogen and oxygen atoms in total. The van der Waals surface area contributed by atoms with E-state index in [4.69, 9.17) is 7.66 Å². The van der Waals surface area contributed by atoms with E-state index in [1.165, 1.54) is 30.5 Å². The molecule has 0 fully saturated rings. The predicted octanol–water partition coefficient (Wildman–Crippen LogP) is 6.21. The number of benzene rings is 3. The first-order valence-corrected chi connectivity index (χ1v) is 13.6. The molecule has 1 heterocycles. The van der Waals surface area contributed by atoms with Gasteiger partial charge in [-0.25, -0.2) is 13.2 Å². The summed E-state index contributed by atoms with van der Waals surface area (Å²) in [6.45, 7) is 0. The summed E-state index contributed by atoms with van der Waals surface area (Å²) in [4.78, 5) is 14.3. The molecule has 0 aliphatic heterocycles. The minimum Gasteiger partial charge on any atom is -0.502 e. The Morgan fingerprint density at radius 2 is 1.64 bits per heavy atom. The topological polar surface area (TPSA) is 138 Å². The second-order valence-electron chi connectivity index (χ2n) is 8.27. The second kappa shape index (κ2) is 11.0. The van der Waals surface area contributed by atoms with Crippen LogP contribution < -0.4 is 13.0 Å².